The summed E-state index contributed by atoms with van der Waals surface area (Å²) in [5.74, 6) is 3.40. The minimum absolute atomic E-state index is 0.246. The largest absolute Gasteiger partial charge is 0.491 e. The van der Waals surface area contributed by atoms with E-state index in [-0.39, 0.29) is 11.6 Å². The number of benzene rings is 1. The number of fused-ring (bicyclic) bond motifs is 5. The summed E-state index contributed by atoms with van der Waals surface area (Å²) in [5.41, 5.74) is 4.66. The summed E-state index contributed by atoms with van der Waals surface area (Å²) in [6, 6.07) is 6.86. The van der Waals surface area contributed by atoms with Gasteiger partial charge in [0.15, 0.2) is 0 Å². The zero-order valence-corrected chi connectivity index (χ0v) is 15.4. The molecule has 0 amide bonds. The molecule has 1 heterocycles. The number of nitrogens with one attached hydrogen (secondary N) is 1. The molecule has 130 valence electrons. The Balaban J connectivity index is 1.61. The maximum Gasteiger partial charge on any atom is 0.119 e. The van der Waals surface area contributed by atoms with Crippen LogP contribution in [0.15, 0.2) is 30.5 Å². The van der Waals surface area contributed by atoms with Crippen LogP contribution < -0.4 is 10.1 Å². The number of ether oxygens (including phenoxy) is 1. The van der Waals surface area contributed by atoms with Crippen molar-refractivity contribution in [3.05, 3.63) is 41.6 Å². The Morgan fingerprint density at radius 1 is 1.21 bits per heavy atom. The standard InChI is InChI=1S/C22H31NO/c1-14(2)24-17-7-9-18-16(13-17)6-8-20-19(18)11-12-22(4)21(20)10-5-15(3)23-22/h7,9,13-14,19-21,23H,3,5-6,8,10-12H2,1-2,4H3/t19-,20-,21+,22+/m1/s1. The fourth-order valence-corrected chi connectivity index (χ4v) is 5.71. The second-order valence-corrected chi connectivity index (χ2v) is 8.67. The number of hydrogen-bond acceptors (Lipinski definition) is 2. The summed E-state index contributed by atoms with van der Waals surface area (Å²) >= 11 is 0. The number of rotatable bonds is 2. The molecule has 2 nitrogen and oxygen atoms in total. The van der Waals surface area contributed by atoms with Crippen LogP contribution in [-0.4, -0.2) is 11.6 Å². The molecule has 24 heavy (non-hydrogen) atoms. The Bertz CT molecular complexity index is 649. The summed E-state index contributed by atoms with van der Waals surface area (Å²) in [6.07, 6.45) is 7.81. The molecule has 2 aliphatic carbocycles. The van der Waals surface area contributed by atoms with Gasteiger partial charge in [-0.25, -0.2) is 0 Å². The zero-order chi connectivity index (χ0) is 16.9. The molecule has 0 aromatic heterocycles. The van der Waals surface area contributed by atoms with E-state index in [2.05, 4.69) is 50.9 Å². The van der Waals surface area contributed by atoms with Crippen molar-refractivity contribution in [2.45, 2.75) is 76.9 Å². The summed E-state index contributed by atoms with van der Waals surface area (Å²) in [4.78, 5) is 0. The van der Waals surface area contributed by atoms with Crippen LogP contribution in [0.5, 0.6) is 5.75 Å². The van der Waals surface area contributed by atoms with Gasteiger partial charge in [-0.1, -0.05) is 12.6 Å². The number of aryl methyl sites for hydroxylation is 1. The van der Waals surface area contributed by atoms with E-state index in [1.807, 2.05) is 0 Å². The number of hydrogen-bond donors (Lipinski definition) is 1. The predicted molar refractivity (Wildman–Crippen MR) is 99.4 cm³/mol. The highest BCUT2D eigenvalue weighted by Crippen LogP contribution is 2.54. The second kappa shape index (κ2) is 5.82. The molecule has 0 radical (unpaired) electrons. The van der Waals surface area contributed by atoms with Crippen molar-refractivity contribution in [3.63, 3.8) is 0 Å². The first kappa shape index (κ1) is 16.1. The third-order valence-corrected chi connectivity index (χ3v) is 6.68. The summed E-state index contributed by atoms with van der Waals surface area (Å²) in [6.45, 7) is 10.8. The van der Waals surface area contributed by atoms with Gasteiger partial charge in [-0.3, -0.25) is 0 Å². The topological polar surface area (TPSA) is 21.3 Å². The third-order valence-electron chi connectivity index (χ3n) is 6.68. The van der Waals surface area contributed by atoms with Crippen LogP contribution in [0.3, 0.4) is 0 Å². The number of piperidine rings is 1. The monoisotopic (exact) mass is 325 g/mol. The molecule has 1 aliphatic heterocycles. The first-order valence-corrected chi connectivity index (χ1v) is 9.72. The van der Waals surface area contributed by atoms with Crippen molar-refractivity contribution in [1.82, 2.24) is 5.32 Å². The van der Waals surface area contributed by atoms with E-state index in [0.29, 0.717) is 0 Å². The van der Waals surface area contributed by atoms with E-state index in [9.17, 15) is 0 Å². The molecule has 3 aliphatic rings. The van der Waals surface area contributed by atoms with Crippen molar-refractivity contribution >= 4 is 0 Å². The highest BCUT2D eigenvalue weighted by Gasteiger charge is 2.49. The van der Waals surface area contributed by atoms with Crippen LogP contribution in [0.1, 0.15) is 69.9 Å². The molecule has 0 spiro atoms. The molecule has 1 N–H and O–H groups in total. The van der Waals surface area contributed by atoms with Gasteiger partial charge < -0.3 is 10.1 Å². The lowest BCUT2D eigenvalue weighted by Gasteiger charge is -2.55. The van der Waals surface area contributed by atoms with Gasteiger partial charge in [-0.05, 0) is 100 Å². The van der Waals surface area contributed by atoms with Gasteiger partial charge in [0.25, 0.3) is 0 Å². The number of allylic oxidation sites excluding steroid dienone is 1. The van der Waals surface area contributed by atoms with E-state index in [1.54, 1.807) is 5.56 Å². The highest BCUT2D eigenvalue weighted by atomic mass is 16.5. The molecular formula is C22H31NO. The molecule has 0 unspecified atom stereocenters. The minimum atomic E-state index is 0.246. The Morgan fingerprint density at radius 2 is 2.04 bits per heavy atom. The summed E-state index contributed by atoms with van der Waals surface area (Å²) in [5, 5.41) is 3.77. The maximum atomic E-state index is 5.91. The average Bonchev–Trinajstić information content (AvgIpc) is 2.52. The van der Waals surface area contributed by atoms with Crippen LogP contribution >= 0.6 is 0 Å². The molecule has 1 saturated carbocycles. The van der Waals surface area contributed by atoms with Gasteiger partial charge in [0.2, 0.25) is 0 Å². The molecule has 4 rings (SSSR count). The maximum absolute atomic E-state index is 5.91. The minimum Gasteiger partial charge on any atom is -0.491 e. The second-order valence-electron chi connectivity index (χ2n) is 8.67. The molecule has 2 heteroatoms. The zero-order valence-electron chi connectivity index (χ0n) is 15.4. The molecule has 0 bridgehead atoms. The van der Waals surface area contributed by atoms with Crippen molar-refractivity contribution in [1.29, 1.82) is 0 Å². The summed E-state index contributed by atoms with van der Waals surface area (Å²) < 4.78 is 5.91. The predicted octanol–water partition coefficient (Wildman–Crippen LogP) is 5.19. The van der Waals surface area contributed by atoms with E-state index in [0.717, 1.165) is 29.9 Å². The Morgan fingerprint density at radius 3 is 2.83 bits per heavy atom. The molecule has 1 saturated heterocycles. The van der Waals surface area contributed by atoms with Crippen molar-refractivity contribution in [2.75, 3.05) is 0 Å². The van der Waals surface area contributed by atoms with Gasteiger partial charge in [0.1, 0.15) is 5.75 Å². The highest BCUT2D eigenvalue weighted by molar-refractivity contribution is 5.41. The van der Waals surface area contributed by atoms with Gasteiger partial charge in [-0.15, -0.1) is 0 Å². The summed E-state index contributed by atoms with van der Waals surface area (Å²) in [7, 11) is 0. The van der Waals surface area contributed by atoms with Crippen LogP contribution in [0.25, 0.3) is 0 Å². The van der Waals surface area contributed by atoms with E-state index >= 15 is 0 Å². The first-order valence-electron chi connectivity index (χ1n) is 9.72. The van der Waals surface area contributed by atoms with Gasteiger partial charge in [0.05, 0.1) is 6.10 Å². The normalized spacial score (nSPS) is 34.8. The van der Waals surface area contributed by atoms with Gasteiger partial charge in [0, 0.05) is 11.2 Å². The van der Waals surface area contributed by atoms with Crippen molar-refractivity contribution in [3.8, 4) is 5.75 Å². The van der Waals surface area contributed by atoms with Crippen LogP contribution in [0.4, 0.5) is 0 Å². The lowest BCUT2D eigenvalue weighted by Crippen LogP contribution is -2.57. The van der Waals surface area contributed by atoms with Crippen molar-refractivity contribution < 1.29 is 4.74 Å². The van der Waals surface area contributed by atoms with Crippen LogP contribution in [0, 0.1) is 11.8 Å². The SMILES string of the molecule is C=C1CC[C@H]2[C@@H]3CCc4cc(OC(C)C)ccc4[C@H]3CC[C@]2(C)N1. The molecular weight excluding hydrogens is 294 g/mol. The average molecular weight is 325 g/mol. The van der Waals surface area contributed by atoms with E-state index < -0.39 is 0 Å². The Labute approximate surface area is 146 Å². The van der Waals surface area contributed by atoms with Crippen molar-refractivity contribution in [2.24, 2.45) is 11.8 Å². The fourth-order valence-electron chi connectivity index (χ4n) is 5.71. The Kier molecular flexibility index (Phi) is 3.89. The van der Waals surface area contributed by atoms with Crippen LogP contribution in [-0.2, 0) is 6.42 Å². The lowest BCUT2D eigenvalue weighted by molar-refractivity contribution is 0.0525. The smallest absolute Gasteiger partial charge is 0.119 e. The first-order chi connectivity index (χ1) is 11.5. The molecule has 1 aromatic rings. The van der Waals surface area contributed by atoms with E-state index in [1.165, 1.54) is 43.4 Å². The van der Waals surface area contributed by atoms with E-state index in [4.69, 9.17) is 4.74 Å². The third kappa shape index (κ3) is 2.64. The molecule has 4 atom stereocenters. The quantitative estimate of drug-likeness (QED) is 0.808. The lowest BCUT2D eigenvalue weighted by atomic mass is 9.55. The fraction of sp³-hybridized carbons (Fsp3) is 0.636. The van der Waals surface area contributed by atoms with Gasteiger partial charge >= 0.3 is 0 Å². The van der Waals surface area contributed by atoms with Gasteiger partial charge in [-0.2, -0.15) is 0 Å². The van der Waals surface area contributed by atoms with Crippen LogP contribution in [0.2, 0.25) is 0 Å². The Hall–Kier alpha value is -1.44. The molecule has 1 aromatic carbocycles. The molecule has 2 fully saturated rings.